The van der Waals surface area contributed by atoms with Crippen LogP contribution in [0.5, 0.6) is 0 Å². The summed E-state index contributed by atoms with van der Waals surface area (Å²) in [6, 6.07) is 6.09. The molecular formula is C18H18. The van der Waals surface area contributed by atoms with Crippen LogP contribution in [0.4, 0.5) is 0 Å². The molecule has 18 heavy (non-hydrogen) atoms. The lowest BCUT2D eigenvalue weighted by Gasteiger charge is -1.97. The molecule has 0 atom stereocenters. The molecule has 0 aliphatic rings. The van der Waals surface area contributed by atoms with Crippen molar-refractivity contribution in [1.29, 1.82) is 0 Å². The van der Waals surface area contributed by atoms with E-state index in [0.29, 0.717) is 0 Å². The summed E-state index contributed by atoms with van der Waals surface area (Å²) < 4.78 is 0. The third kappa shape index (κ3) is 4.82. The molecule has 0 heterocycles. The molecule has 0 bridgehead atoms. The van der Waals surface area contributed by atoms with Gasteiger partial charge in [-0.3, -0.25) is 0 Å². The Morgan fingerprint density at radius 2 is 0.889 bits per heavy atom. The van der Waals surface area contributed by atoms with Crippen molar-refractivity contribution in [2.75, 3.05) is 0 Å². The number of hydrogen-bond donors (Lipinski definition) is 0. The van der Waals surface area contributed by atoms with Gasteiger partial charge in [0, 0.05) is 36.0 Å². The second-order valence-corrected chi connectivity index (χ2v) is 3.77. The Kier molecular flexibility index (Phi) is 6.25. The first-order valence-corrected chi connectivity index (χ1v) is 6.41. The van der Waals surface area contributed by atoms with Gasteiger partial charge >= 0.3 is 0 Å². The molecule has 1 aromatic carbocycles. The minimum Gasteiger partial charge on any atom is -0.0982 e. The van der Waals surface area contributed by atoms with E-state index in [1.807, 2.05) is 39.0 Å². The van der Waals surface area contributed by atoms with Crippen molar-refractivity contribution in [2.24, 2.45) is 0 Å². The van der Waals surface area contributed by atoms with Crippen LogP contribution in [0.25, 0.3) is 0 Å². The average Bonchev–Trinajstić information content (AvgIpc) is 2.40. The van der Waals surface area contributed by atoms with Crippen LogP contribution >= 0.6 is 0 Å². The highest BCUT2D eigenvalue weighted by atomic mass is 14.0. The van der Waals surface area contributed by atoms with E-state index in [4.69, 9.17) is 0 Å². The predicted molar refractivity (Wildman–Crippen MR) is 77.9 cm³/mol. The van der Waals surface area contributed by atoms with E-state index >= 15 is 0 Å². The van der Waals surface area contributed by atoms with Crippen LogP contribution in [0.15, 0.2) is 18.2 Å². The quantitative estimate of drug-likeness (QED) is 0.596. The smallest absolute Gasteiger partial charge is 0.0270 e. The lowest BCUT2D eigenvalue weighted by molar-refractivity contribution is 1.27. The number of benzene rings is 1. The maximum Gasteiger partial charge on any atom is 0.0270 e. The lowest BCUT2D eigenvalue weighted by Crippen LogP contribution is -1.84. The van der Waals surface area contributed by atoms with Crippen molar-refractivity contribution < 1.29 is 0 Å². The third-order valence-electron chi connectivity index (χ3n) is 2.16. The van der Waals surface area contributed by atoms with Gasteiger partial charge in [0.25, 0.3) is 0 Å². The fourth-order valence-electron chi connectivity index (χ4n) is 1.42. The van der Waals surface area contributed by atoms with Crippen molar-refractivity contribution in [3.05, 3.63) is 34.9 Å². The zero-order valence-electron chi connectivity index (χ0n) is 11.4. The number of hydrogen-bond acceptors (Lipinski definition) is 0. The maximum absolute atomic E-state index is 3.14. The first-order chi connectivity index (χ1) is 8.80. The van der Waals surface area contributed by atoms with Crippen molar-refractivity contribution in [3.8, 4) is 35.5 Å². The first-order valence-electron chi connectivity index (χ1n) is 6.41. The minimum absolute atomic E-state index is 0.862. The molecule has 0 fully saturated rings. The third-order valence-corrected chi connectivity index (χ3v) is 2.16. The van der Waals surface area contributed by atoms with Gasteiger partial charge in [-0.1, -0.05) is 56.3 Å². The standard InChI is InChI=1S/C18H18/c1-4-7-10-16-13-17(11-8-5-2)15-18(14-16)12-9-6-3/h13-15H,4-6H2,1-3H3. The molecule has 0 nitrogen and oxygen atoms in total. The summed E-state index contributed by atoms with van der Waals surface area (Å²) in [5.74, 6) is 18.7. The Morgan fingerprint density at radius 1 is 0.611 bits per heavy atom. The van der Waals surface area contributed by atoms with Crippen molar-refractivity contribution in [3.63, 3.8) is 0 Å². The molecule has 0 N–H and O–H groups in total. The van der Waals surface area contributed by atoms with Crippen LogP contribution in [0.1, 0.15) is 56.7 Å². The normalized spacial score (nSPS) is 8.17. The first kappa shape index (κ1) is 14.0. The molecule has 0 heteroatoms. The molecule has 1 aromatic rings. The molecule has 0 spiro atoms. The van der Waals surface area contributed by atoms with Crippen LogP contribution in [0.2, 0.25) is 0 Å². The van der Waals surface area contributed by atoms with Gasteiger partial charge in [-0.2, -0.15) is 0 Å². The van der Waals surface area contributed by atoms with Gasteiger partial charge in [-0.15, -0.1) is 0 Å². The van der Waals surface area contributed by atoms with E-state index in [1.54, 1.807) is 0 Å². The van der Waals surface area contributed by atoms with Gasteiger partial charge < -0.3 is 0 Å². The highest BCUT2D eigenvalue weighted by molar-refractivity contribution is 5.51. The van der Waals surface area contributed by atoms with Crippen LogP contribution < -0.4 is 0 Å². The number of rotatable bonds is 0. The Balaban J connectivity index is 3.19. The summed E-state index contributed by atoms with van der Waals surface area (Å²) in [6.07, 6.45) is 2.59. The summed E-state index contributed by atoms with van der Waals surface area (Å²) in [5, 5.41) is 0. The van der Waals surface area contributed by atoms with E-state index in [0.717, 1.165) is 36.0 Å². The molecular weight excluding hydrogens is 216 g/mol. The van der Waals surface area contributed by atoms with Gasteiger partial charge in [0.15, 0.2) is 0 Å². The molecule has 0 amide bonds. The highest BCUT2D eigenvalue weighted by Gasteiger charge is 1.95. The minimum atomic E-state index is 0.862. The van der Waals surface area contributed by atoms with E-state index < -0.39 is 0 Å². The molecule has 0 aliphatic carbocycles. The maximum atomic E-state index is 3.14. The highest BCUT2D eigenvalue weighted by Crippen LogP contribution is 2.08. The molecule has 0 aliphatic heterocycles. The Morgan fingerprint density at radius 3 is 1.11 bits per heavy atom. The van der Waals surface area contributed by atoms with E-state index in [1.165, 1.54) is 0 Å². The lowest BCUT2D eigenvalue weighted by atomic mass is 10.1. The van der Waals surface area contributed by atoms with Gasteiger partial charge in [0.1, 0.15) is 0 Å². The van der Waals surface area contributed by atoms with Crippen molar-refractivity contribution in [2.45, 2.75) is 40.0 Å². The molecule has 90 valence electrons. The molecule has 0 aromatic heterocycles. The summed E-state index contributed by atoms with van der Waals surface area (Å²) in [6.45, 7) is 6.14. The van der Waals surface area contributed by atoms with Gasteiger partial charge in [0.2, 0.25) is 0 Å². The zero-order chi connectivity index (χ0) is 13.2. The van der Waals surface area contributed by atoms with Crippen LogP contribution in [-0.2, 0) is 0 Å². The topological polar surface area (TPSA) is 0 Å². The largest absolute Gasteiger partial charge is 0.0982 e. The summed E-state index contributed by atoms with van der Waals surface area (Å²) in [5.41, 5.74) is 3.00. The van der Waals surface area contributed by atoms with Gasteiger partial charge in [0.05, 0.1) is 0 Å². The zero-order valence-corrected chi connectivity index (χ0v) is 11.4. The molecule has 0 saturated heterocycles. The monoisotopic (exact) mass is 234 g/mol. The average molecular weight is 234 g/mol. The molecule has 0 unspecified atom stereocenters. The molecule has 0 radical (unpaired) electrons. The second-order valence-electron chi connectivity index (χ2n) is 3.77. The molecule has 0 saturated carbocycles. The van der Waals surface area contributed by atoms with Crippen molar-refractivity contribution >= 4 is 0 Å². The SMILES string of the molecule is CCC#Cc1cc(C#CCC)cc(C#CCC)c1. The predicted octanol–water partition coefficient (Wildman–Crippen LogP) is 3.97. The van der Waals surface area contributed by atoms with Crippen LogP contribution in [-0.4, -0.2) is 0 Å². The fourth-order valence-corrected chi connectivity index (χ4v) is 1.42. The summed E-state index contributed by atoms with van der Waals surface area (Å²) in [7, 11) is 0. The Hall–Kier alpha value is -2.10. The Labute approximate surface area is 111 Å². The van der Waals surface area contributed by atoms with Gasteiger partial charge in [-0.25, -0.2) is 0 Å². The van der Waals surface area contributed by atoms with E-state index in [9.17, 15) is 0 Å². The Bertz CT molecular complexity index is 474. The second kappa shape index (κ2) is 8.06. The van der Waals surface area contributed by atoms with Crippen LogP contribution in [0.3, 0.4) is 0 Å². The van der Waals surface area contributed by atoms with Crippen LogP contribution in [0, 0.1) is 35.5 Å². The fraction of sp³-hybridized carbons (Fsp3) is 0.333. The van der Waals surface area contributed by atoms with Crippen molar-refractivity contribution in [1.82, 2.24) is 0 Å². The van der Waals surface area contributed by atoms with E-state index in [2.05, 4.69) is 35.5 Å². The molecule has 1 rings (SSSR count). The van der Waals surface area contributed by atoms with Gasteiger partial charge in [-0.05, 0) is 18.2 Å². The summed E-state index contributed by atoms with van der Waals surface area (Å²) >= 11 is 0. The van der Waals surface area contributed by atoms with E-state index in [-0.39, 0.29) is 0 Å². The summed E-state index contributed by atoms with van der Waals surface area (Å²) in [4.78, 5) is 0.